The van der Waals surface area contributed by atoms with Gasteiger partial charge in [-0.05, 0) is 31.9 Å². The SMILES string of the molecule is CCc1cccc2c(C(=O)CSc3nc4nc(C)cc(C)n4n3)c[nH]c12. The van der Waals surface area contributed by atoms with Crippen LogP contribution in [0.25, 0.3) is 16.7 Å². The maximum atomic E-state index is 12.7. The lowest BCUT2D eigenvalue weighted by Gasteiger charge is -2.00. The van der Waals surface area contributed by atoms with Gasteiger partial charge < -0.3 is 4.98 Å². The van der Waals surface area contributed by atoms with E-state index >= 15 is 0 Å². The Morgan fingerprint density at radius 3 is 2.92 bits per heavy atom. The number of carbonyl (C=O) groups excluding carboxylic acids is 1. The highest BCUT2D eigenvalue weighted by molar-refractivity contribution is 7.99. The number of nitrogens with zero attached hydrogens (tertiary/aromatic N) is 4. The molecule has 0 fully saturated rings. The quantitative estimate of drug-likeness (QED) is 0.430. The van der Waals surface area contributed by atoms with E-state index in [-0.39, 0.29) is 11.5 Å². The van der Waals surface area contributed by atoms with Crippen molar-refractivity contribution in [2.75, 3.05) is 5.75 Å². The van der Waals surface area contributed by atoms with E-state index < -0.39 is 0 Å². The van der Waals surface area contributed by atoms with Crippen molar-refractivity contribution in [3.8, 4) is 0 Å². The Kier molecular flexibility index (Phi) is 4.24. The van der Waals surface area contributed by atoms with Gasteiger partial charge in [-0.1, -0.05) is 36.9 Å². The second-order valence-electron chi connectivity index (χ2n) is 6.25. The molecule has 0 aliphatic heterocycles. The molecule has 4 aromatic rings. The van der Waals surface area contributed by atoms with Crippen LogP contribution >= 0.6 is 11.8 Å². The first-order chi connectivity index (χ1) is 12.6. The van der Waals surface area contributed by atoms with Crippen molar-refractivity contribution in [3.63, 3.8) is 0 Å². The van der Waals surface area contributed by atoms with Gasteiger partial charge in [-0.2, -0.15) is 4.98 Å². The van der Waals surface area contributed by atoms with Crippen molar-refractivity contribution in [2.45, 2.75) is 32.3 Å². The van der Waals surface area contributed by atoms with Crippen molar-refractivity contribution in [1.82, 2.24) is 24.6 Å². The largest absolute Gasteiger partial charge is 0.360 e. The standard InChI is InChI=1S/C19H19N5OS/c1-4-13-6-5-7-14-15(9-20-17(13)14)16(25)10-26-19-22-18-21-11(2)8-12(3)24(18)23-19/h5-9,20H,4,10H2,1-3H3. The van der Waals surface area contributed by atoms with Gasteiger partial charge in [0.1, 0.15) is 0 Å². The van der Waals surface area contributed by atoms with E-state index in [0.29, 0.717) is 10.9 Å². The van der Waals surface area contributed by atoms with Gasteiger partial charge in [-0.25, -0.2) is 9.50 Å². The molecule has 0 amide bonds. The van der Waals surface area contributed by atoms with Crippen LogP contribution in [0.2, 0.25) is 0 Å². The predicted octanol–water partition coefficient (Wildman–Crippen LogP) is 3.76. The lowest BCUT2D eigenvalue weighted by atomic mass is 10.1. The minimum atomic E-state index is 0.0641. The Morgan fingerprint density at radius 1 is 1.27 bits per heavy atom. The van der Waals surface area contributed by atoms with Crippen LogP contribution in [0.5, 0.6) is 0 Å². The number of thioether (sulfide) groups is 1. The summed E-state index contributed by atoms with van der Waals surface area (Å²) in [7, 11) is 0. The van der Waals surface area contributed by atoms with E-state index in [1.54, 1.807) is 10.7 Å². The summed E-state index contributed by atoms with van der Waals surface area (Å²) in [6.45, 7) is 6.01. The van der Waals surface area contributed by atoms with Crippen molar-refractivity contribution >= 4 is 34.2 Å². The third kappa shape index (κ3) is 2.88. The lowest BCUT2D eigenvalue weighted by molar-refractivity contribution is 0.102. The van der Waals surface area contributed by atoms with Gasteiger partial charge in [0, 0.05) is 34.1 Å². The molecule has 3 heterocycles. The normalized spacial score (nSPS) is 11.5. The van der Waals surface area contributed by atoms with E-state index in [4.69, 9.17) is 0 Å². The van der Waals surface area contributed by atoms with E-state index in [2.05, 4.69) is 33.0 Å². The molecule has 0 atom stereocenters. The topological polar surface area (TPSA) is 75.9 Å². The van der Waals surface area contributed by atoms with Gasteiger partial charge >= 0.3 is 0 Å². The fourth-order valence-corrected chi connectivity index (χ4v) is 3.86. The smallest absolute Gasteiger partial charge is 0.253 e. The number of ketones is 1. The summed E-state index contributed by atoms with van der Waals surface area (Å²) >= 11 is 1.34. The van der Waals surface area contributed by atoms with Crippen molar-refractivity contribution < 1.29 is 4.79 Å². The molecule has 0 radical (unpaired) electrons. The highest BCUT2D eigenvalue weighted by Gasteiger charge is 2.16. The Labute approximate surface area is 155 Å². The van der Waals surface area contributed by atoms with Crippen LogP contribution in [0.4, 0.5) is 0 Å². The van der Waals surface area contributed by atoms with E-state index in [0.717, 1.165) is 34.3 Å². The van der Waals surface area contributed by atoms with Crippen LogP contribution in [0, 0.1) is 13.8 Å². The maximum Gasteiger partial charge on any atom is 0.253 e. The molecule has 132 valence electrons. The van der Waals surface area contributed by atoms with Crippen LogP contribution in [0.15, 0.2) is 35.6 Å². The first-order valence-corrected chi connectivity index (χ1v) is 9.51. The third-order valence-corrected chi connectivity index (χ3v) is 5.25. The van der Waals surface area contributed by atoms with Crippen molar-refractivity contribution in [3.05, 3.63) is 53.0 Å². The number of carbonyl (C=O) groups is 1. The molecule has 0 spiro atoms. The second kappa shape index (κ2) is 6.57. The summed E-state index contributed by atoms with van der Waals surface area (Å²) in [5.41, 5.74) is 4.86. The minimum Gasteiger partial charge on any atom is -0.360 e. The molecule has 0 saturated heterocycles. The fourth-order valence-electron chi connectivity index (χ4n) is 3.16. The molecule has 0 aliphatic carbocycles. The van der Waals surface area contributed by atoms with Gasteiger partial charge in [0.25, 0.3) is 5.78 Å². The predicted molar refractivity (Wildman–Crippen MR) is 103 cm³/mol. The molecule has 7 heteroatoms. The number of aromatic amines is 1. The third-order valence-electron chi connectivity index (χ3n) is 4.41. The number of Topliss-reactive ketones (excluding diaryl/α,β-unsaturated/α-hetero) is 1. The van der Waals surface area contributed by atoms with Gasteiger partial charge in [0.15, 0.2) is 5.78 Å². The average Bonchev–Trinajstić information content (AvgIpc) is 3.23. The lowest BCUT2D eigenvalue weighted by Crippen LogP contribution is -2.02. The summed E-state index contributed by atoms with van der Waals surface area (Å²) in [5, 5.41) is 5.98. The number of rotatable bonds is 5. The van der Waals surface area contributed by atoms with Gasteiger partial charge in [-0.15, -0.1) is 5.10 Å². The second-order valence-corrected chi connectivity index (χ2v) is 7.20. The molecule has 26 heavy (non-hydrogen) atoms. The summed E-state index contributed by atoms with van der Waals surface area (Å²) in [6, 6.07) is 8.03. The van der Waals surface area contributed by atoms with E-state index in [1.165, 1.54) is 17.3 Å². The zero-order chi connectivity index (χ0) is 18.3. The van der Waals surface area contributed by atoms with Crippen molar-refractivity contribution in [1.29, 1.82) is 0 Å². The first-order valence-electron chi connectivity index (χ1n) is 8.53. The fraction of sp³-hybridized carbons (Fsp3) is 0.263. The molecule has 6 nitrogen and oxygen atoms in total. The molecule has 0 bridgehead atoms. The number of benzene rings is 1. The Bertz CT molecular complexity index is 1130. The summed E-state index contributed by atoms with van der Waals surface area (Å²) < 4.78 is 1.71. The molecule has 4 rings (SSSR count). The molecule has 1 aromatic carbocycles. The van der Waals surface area contributed by atoms with Crippen LogP contribution in [0.1, 0.15) is 34.2 Å². The summed E-state index contributed by atoms with van der Waals surface area (Å²) in [4.78, 5) is 24.8. The molecular weight excluding hydrogens is 346 g/mol. The maximum absolute atomic E-state index is 12.7. The molecule has 3 aromatic heterocycles. The van der Waals surface area contributed by atoms with Crippen LogP contribution < -0.4 is 0 Å². The molecule has 0 saturated carbocycles. The van der Waals surface area contributed by atoms with Gasteiger partial charge in [-0.3, -0.25) is 4.79 Å². The van der Waals surface area contributed by atoms with Gasteiger partial charge in [0.2, 0.25) is 5.16 Å². The minimum absolute atomic E-state index is 0.0641. The van der Waals surface area contributed by atoms with Gasteiger partial charge in [0.05, 0.1) is 5.75 Å². The van der Waals surface area contributed by atoms with Crippen LogP contribution in [-0.4, -0.2) is 36.1 Å². The number of aromatic nitrogens is 5. The Hall–Kier alpha value is -2.67. The van der Waals surface area contributed by atoms with E-state index in [9.17, 15) is 4.79 Å². The number of hydrogen-bond acceptors (Lipinski definition) is 5. The number of nitrogens with one attached hydrogen (secondary N) is 1. The number of fused-ring (bicyclic) bond motifs is 2. The monoisotopic (exact) mass is 365 g/mol. The summed E-state index contributed by atoms with van der Waals surface area (Å²) in [5.74, 6) is 0.921. The number of H-pyrrole nitrogens is 1. The number of aryl methyl sites for hydroxylation is 3. The molecule has 1 N–H and O–H groups in total. The Morgan fingerprint density at radius 2 is 2.12 bits per heavy atom. The first kappa shape index (κ1) is 16.8. The van der Waals surface area contributed by atoms with Crippen molar-refractivity contribution in [2.24, 2.45) is 0 Å². The average molecular weight is 365 g/mol. The number of para-hydroxylation sites is 1. The molecular formula is C19H19N5OS. The highest BCUT2D eigenvalue weighted by Crippen LogP contribution is 2.24. The molecule has 0 unspecified atom stereocenters. The van der Waals surface area contributed by atoms with Crippen LogP contribution in [0.3, 0.4) is 0 Å². The highest BCUT2D eigenvalue weighted by atomic mass is 32.2. The zero-order valence-electron chi connectivity index (χ0n) is 14.9. The summed E-state index contributed by atoms with van der Waals surface area (Å²) in [6.07, 6.45) is 2.73. The molecule has 0 aliphatic rings. The Balaban J connectivity index is 1.57. The zero-order valence-corrected chi connectivity index (χ0v) is 15.7. The number of hydrogen-bond donors (Lipinski definition) is 1. The van der Waals surface area contributed by atoms with E-state index in [1.807, 2.05) is 32.0 Å². The van der Waals surface area contributed by atoms with Crippen LogP contribution in [-0.2, 0) is 6.42 Å².